The van der Waals surface area contributed by atoms with Crippen molar-refractivity contribution >= 4 is 38.9 Å². The molecule has 6 heteroatoms. The molecule has 0 saturated heterocycles. The smallest absolute Gasteiger partial charge is 0.267 e. The Balaban J connectivity index is 2.05. The number of pyridine rings is 1. The predicted octanol–water partition coefficient (Wildman–Crippen LogP) is 3.06. The first-order valence-corrected chi connectivity index (χ1v) is 6.78. The molecule has 4 nitrogen and oxygen atoms in total. The topological polar surface area (TPSA) is 54.4 Å². The highest BCUT2D eigenvalue weighted by atomic mass is 79.9. The van der Waals surface area contributed by atoms with Crippen LogP contribution >= 0.6 is 27.3 Å². The number of carbonyl (C=O) groups is 1. The number of aromatic nitrogens is 1. The second-order valence-corrected chi connectivity index (χ2v) is 5.95. The standard InChI is InChI=1S/C12H10BrN3OS/c1-8(10-4-5-11(13)18-10)15-16-12(17)9-3-2-6-14-7-9/h2-7H,1H3,(H,16,17)/b15-8+. The lowest BCUT2D eigenvalue weighted by molar-refractivity contribution is 0.0954. The van der Waals surface area contributed by atoms with Crippen LogP contribution < -0.4 is 5.43 Å². The Morgan fingerprint density at radius 3 is 2.89 bits per heavy atom. The zero-order valence-electron chi connectivity index (χ0n) is 9.55. The first-order valence-electron chi connectivity index (χ1n) is 5.17. The molecule has 18 heavy (non-hydrogen) atoms. The third-order valence-electron chi connectivity index (χ3n) is 2.18. The predicted molar refractivity (Wildman–Crippen MR) is 75.9 cm³/mol. The number of hydrazone groups is 1. The highest BCUT2D eigenvalue weighted by Crippen LogP contribution is 2.22. The number of hydrogen-bond donors (Lipinski definition) is 1. The number of rotatable bonds is 3. The Bertz CT molecular complexity index is 580. The van der Waals surface area contributed by atoms with Crippen molar-refractivity contribution in [3.05, 3.63) is 50.9 Å². The molecule has 0 bridgehead atoms. The van der Waals surface area contributed by atoms with Crippen molar-refractivity contribution in [3.8, 4) is 0 Å². The minimum absolute atomic E-state index is 0.266. The van der Waals surface area contributed by atoms with Gasteiger partial charge >= 0.3 is 0 Å². The maximum absolute atomic E-state index is 11.7. The van der Waals surface area contributed by atoms with E-state index >= 15 is 0 Å². The van der Waals surface area contributed by atoms with E-state index < -0.39 is 0 Å². The van der Waals surface area contributed by atoms with E-state index in [0.29, 0.717) is 5.56 Å². The fraction of sp³-hybridized carbons (Fsp3) is 0.0833. The van der Waals surface area contributed by atoms with Gasteiger partial charge in [-0.1, -0.05) is 0 Å². The number of nitrogens with zero attached hydrogens (tertiary/aromatic N) is 2. The van der Waals surface area contributed by atoms with Crippen LogP contribution in [0.15, 0.2) is 45.5 Å². The Labute approximate surface area is 117 Å². The summed E-state index contributed by atoms with van der Waals surface area (Å²) in [5, 5.41) is 4.06. The van der Waals surface area contributed by atoms with E-state index in [2.05, 4.69) is 31.4 Å². The molecule has 0 aromatic carbocycles. The van der Waals surface area contributed by atoms with Crippen molar-refractivity contribution in [2.45, 2.75) is 6.92 Å². The van der Waals surface area contributed by atoms with Crippen LogP contribution in [0.1, 0.15) is 22.2 Å². The van der Waals surface area contributed by atoms with Crippen LogP contribution in [0.3, 0.4) is 0 Å². The summed E-state index contributed by atoms with van der Waals surface area (Å²) in [6, 6.07) is 7.29. The van der Waals surface area contributed by atoms with Crippen LogP contribution in [0.2, 0.25) is 0 Å². The first kappa shape index (κ1) is 12.9. The molecule has 2 rings (SSSR count). The van der Waals surface area contributed by atoms with Gasteiger partial charge in [-0.3, -0.25) is 9.78 Å². The maximum atomic E-state index is 11.7. The monoisotopic (exact) mass is 323 g/mol. The van der Waals surface area contributed by atoms with Gasteiger partial charge in [0.25, 0.3) is 5.91 Å². The van der Waals surface area contributed by atoms with E-state index in [4.69, 9.17) is 0 Å². The average Bonchev–Trinajstić information content (AvgIpc) is 2.83. The number of nitrogens with one attached hydrogen (secondary N) is 1. The molecule has 0 fully saturated rings. The molecular weight excluding hydrogens is 314 g/mol. The van der Waals surface area contributed by atoms with E-state index in [1.54, 1.807) is 29.7 Å². The molecule has 92 valence electrons. The quantitative estimate of drug-likeness (QED) is 0.697. The van der Waals surface area contributed by atoms with Gasteiger partial charge in [0.2, 0.25) is 0 Å². The van der Waals surface area contributed by atoms with Crippen molar-refractivity contribution in [2.75, 3.05) is 0 Å². The van der Waals surface area contributed by atoms with Gasteiger partial charge in [-0.15, -0.1) is 11.3 Å². The number of halogens is 1. The van der Waals surface area contributed by atoms with Gasteiger partial charge in [0, 0.05) is 12.4 Å². The van der Waals surface area contributed by atoms with Gasteiger partial charge in [0.05, 0.1) is 19.9 Å². The molecule has 0 unspecified atom stereocenters. The molecule has 0 aliphatic heterocycles. The second-order valence-electron chi connectivity index (χ2n) is 3.48. The molecule has 1 N–H and O–H groups in total. The summed E-state index contributed by atoms with van der Waals surface area (Å²) in [5.74, 6) is -0.266. The van der Waals surface area contributed by atoms with Crippen LogP contribution in [-0.4, -0.2) is 16.6 Å². The van der Waals surface area contributed by atoms with Crippen LogP contribution in [0, 0.1) is 0 Å². The van der Waals surface area contributed by atoms with Crippen molar-refractivity contribution in [2.24, 2.45) is 5.10 Å². The van der Waals surface area contributed by atoms with Gasteiger partial charge in [0.1, 0.15) is 0 Å². The third kappa shape index (κ3) is 3.24. The lowest BCUT2D eigenvalue weighted by Crippen LogP contribution is -2.19. The average molecular weight is 324 g/mol. The van der Waals surface area contributed by atoms with E-state index in [-0.39, 0.29) is 5.91 Å². The largest absolute Gasteiger partial charge is 0.272 e. The fourth-order valence-corrected chi connectivity index (χ4v) is 2.59. The van der Waals surface area contributed by atoms with Gasteiger partial charge in [-0.25, -0.2) is 5.43 Å². The van der Waals surface area contributed by atoms with Gasteiger partial charge in [0.15, 0.2) is 0 Å². The summed E-state index contributed by atoms with van der Waals surface area (Å²) in [4.78, 5) is 16.6. The van der Waals surface area contributed by atoms with Crippen molar-refractivity contribution in [1.29, 1.82) is 0 Å². The van der Waals surface area contributed by atoms with Crippen LogP contribution in [0.5, 0.6) is 0 Å². The van der Waals surface area contributed by atoms with E-state index in [9.17, 15) is 4.79 Å². The summed E-state index contributed by atoms with van der Waals surface area (Å²) in [5.41, 5.74) is 3.76. The maximum Gasteiger partial charge on any atom is 0.272 e. The lowest BCUT2D eigenvalue weighted by Gasteiger charge is -2.00. The van der Waals surface area contributed by atoms with Crippen molar-refractivity contribution in [1.82, 2.24) is 10.4 Å². The normalized spacial score (nSPS) is 11.3. The Hall–Kier alpha value is -1.53. The Kier molecular flexibility index (Phi) is 4.22. The molecule has 0 atom stereocenters. The molecule has 0 aliphatic carbocycles. The van der Waals surface area contributed by atoms with E-state index in [1.165, 1.54) is 6.20 Å². The first-order chi connectivity index (χ1) is 8.66. The summed E-state index contributed by atoms with van der Waals surface area (Å²) >= 11 is 4.95. The minimum Gasteiger partial charge on any atom is -0.267 e. The molecule has 0 radical (unpaired) electrons. The summed E-state index contributed by atoms with van der Waals surface area (Å²) in [6.07, 6.45) is 3.12. The fourth-order valence-electron chi connectivity index (χ4n) is 1.26. The van der Waals surface area contributed by atoms with Crippen LogP contribution in [0.4, 0.5) is 0 Å². The molecule has 2 aromatic heterocycles. The van der Waals surface area contributed by atoms with E-state index in [0.717, 1.165) is 14.4 Å². The summed E-state index contributed by atoms with van der Waals surface area (Å²) in [7, 11) is 0. The minimum atomic E-state index is -0.266. The Morgan fingerprint density at radius 2 is 2.28 bits per heavy atom. The van der Waals surface area contributed by atoms with E-state index in [1.807, 2.05) is 19.1 Å². The molecule has 1 amide bonds. The van der Waals surface area contributed by atoms with Crippen molar-refractivity contribution < 1.29 is 4.79 Å². The molecule has 2 aromatic rings. The number of hydrogen-bond acceptors (Lipinski definition) is 4. The molecule has 0 spiro atoms. The molecule has 0 aliphatic rings. The van der Waals surface area contributed by atoms with Gasteiger partial charge in [-0.2, -0.15) is 5.10 Å². The molecule has 2 heterocycles. The highest BCUT2D eigenvalue weighted by Gasteiger charge is 2.05. The molecule has 0 saturated carbocycles. The van der Waals surface area contributed by atoms with Crippen LogP contribution in [-0.2, 0) is 0 Å². The summed E-state index contributed by atoms with van der Waals surface area (Å²) in [6.45, 7) is 1.85. The summed E-state index contributed by atoms with van der Waals surface area (Å²) < 4.78 is 1.03. The van der Waals surface area contributed by atoms with Crippen LogP contribution in [0.25, 0.3) is 0 Å². The van der Waals surface area contributed by atoms with Gasteiger partial charge < -0.3 is 0 Å². The number of amides is 1. The SMILES string of the molecule is C/C(=N\NC(=O)c1cccnc1)c1ccc(Br)s1. The van der Waals surface area contributed by atoms with Crippen molar-refractivity contribution in [3.63, 3.8) is 0 Å². The lowest BCUT2D eigenvalue weighted by atomic mass is 10.3. The number of carbonyl (C=O) groups excluding carboxylic acids is 1. The Morgan fingerprint density at radius 1 is 1.44 bits per heavy atom. The number of thiophene rings is 1. The second kappa shape index (κ2) is 5.88. The van der Waals surface area contributed by atoms with Gasteiger partial charge in [-0.05, 0) is 47.1 Å². The highest BCUT2D eigenvalue weighted by molar-refractivity contribution is 9.11. The third-order valence-corrected chi connectivity index (χ3v) is 3.91. The molecular formula is C12H10BrN3OS. The zero-order valence-corrected chi connectivity index (χ0v) is 12.0. The zero-order chi connectivity index (χ0) is 13.0.